The van der Waals surface area contributed by atoms with E-state index in [0.717, 1.165) is 10.2 Å². The monoisotopic (exact) mass is 278 g/mol. The molecule has 3 aromatic rings. The maximum atomic E-state index is 13.3. The molecule has 3 rings (SSSR count). The molecule has 0 unspecified atom stereocenters. The largest absolute Gasteiger partial charge is 0.398 e. The van der Waals surface area contributed by atoms with E-state index in [0.29, 0.717) is 21.3 Å². The molecule has 0 fully saturated rings. The van der Waals surface area contributed by atoms with E-state index in [1.807, 2.05) is 12.1 Å². The molecule has 1 heterocycles. The van der Waals surface area contributed by atoms with Crippen molar-refractivity contribution in [1.82, 2.24) is 4.98 Å². The van der Waals surface area contributed by atoms with Crippen molar-refractivity contribution in [3.8, 4) is 10.6 Å². The lowest BCUT2D eigenvalue weighted by Crippen LogP contribution is -1.90. The Hall–Kier alpha value is -1.65. The topological polar surface area (TPSA) is 38.9 Å². The molecule has 90 valence electrons. The highest BCUT2D eigenvalue weighted by Crippen LogP contribution is 2.36. The van der Waals surface area contributed by atoms with Gasteiger partial charge < -0.3 is 5.73 Å². The molecule has 0 bridgehead atoms. The number of thiazole rings is 1. The predicted molar refractivity (Wildman–Crippen MR) is 74.4 cm³/mol. The third-order valence-corrected chi connectivity index (χ3v) is 4.18. The third-order valence-electron chi connectivity index (χ3n) is 2.61. The Balaban J connectivity index is 2.26. The van der Waals surface area contributed by atoms with Crippen LogP contribution in [0.4, 0.5) is 10.1 Å². The predicted octanol–water partition coefficient (Wildman–Crippen LogP) is 4.34. The number of hydrogen-bond acceptors (Lipinski definition) is 3. The summed E-state index contributed by atoms with van der Waals surface area (Å²) in [5.74, 6) is -0.329. The summed E-state index contributed by atoms with van der Waals surface area (Å²) < 4.78 is 14.1. The van der Waals surface area contributed by atoms with Crippen LogP contribution in [0.3, 0.4) is 0 Å². The van der Waals surface area contributed by atoms with Gasteiger partial charge in [0.1, 0.15) is 10.8 Å². The number of benzene rings is 2. The molecular formula is C13H8ClFN2S. The summed E-state index contributed by atoms with van der Waals surface area (Å²) in [6.45, 7) is 0. The van der Waals surface area contributed by atoms with E-state index >= 15 is 0 Å². The smallest absolute Gasteiger partial charge is 0.126 e. The second-order valence-corrected chi connectivity index (χ2v) is 5.24. The quantitative estimate of drug-likeness (QED) is 0.673. The van der Waals surface area contributed by atoms with Gasteiger partial charge in [0, 0.05) is 11.3 Å². The van der Waals surface area contributed by atoms with E-state index in [1.165, 1.54) is 23.5 Å². The number of nitrogens with two attached hydrogens (primary N) is 1. The molecule has 0 atom stereocenters. The molecule has 0 aliphatic carbocycles. The first kappa shape index (κ1) is 11.4. The van der Waals surface area contributed by atoms with E-state index in [2.05, 4.69) is 4.98 Å². The van der Waals surface area contributed by atoms with E-state index in [1.54, 1.807) is 12.1 Å². The first-order valence-electron chi connectivity index (χ1n) is 5.25. The van der Waals surface area contributed by atoms with E-state index in [9.17, 15) is 4.39 Å². The summed E-state index contributed by atoms with van der Waals surface area (Å²) in [5, 5.41) is 1.32. The fourth-order valence-electron chi connectivity index (χ4n) is 1.74. The maximum Gasteiger partial charge on any atom is 0.126 e. The van der Waals surface area contributed by atoms with E-state index < -0.39 is 0 Å². The number of fused-ring (bicyclic) bond motifs is 1. The van der Waals surface area contributed by atoms with E-state index in [4.69, 9.17) is 17.3 Å². The SMILES string of the molecule is Nc1ccc(F)cc1-c1nc2cccc(Cl)c2s1. The number of halogens is 2. The van der Waals surface area contributed by atoms with Gasteiger partial charge in [-0.25, -0.2) is 9.37 Å². The molecule has 2 aromatic carbocycles. The van der Waals surface area contributed by atoms with Gasteiger partial charge >= 0.3 is 0 Å². The second-order valence-electron chi connectivity index (χ2n) is 3.84. The minimum Gasteiger partial charge on any atom is -0.398 e. The molecule has 5 heteroatoms. The fraction of sp³-hybridized carbons (Fsp3) is 0. The molecule has 18 heavy (non-hydrogen) atoms. The zero-order chi connectivity index (χ0) is 12.7. The van der Waals surface area contributed by atoms with Crippen molar-refractivity contribution in [3.63, 3.8) is 0 Å². The van der Waals surface area contributed by atoms with Crippen LogP contribution in [0, 0.1) is 5.82 Å². The summed E-state index contributed by atoms with van der Waals surface area (Å²) >= 11 is 7.50. The van der Waals surface area contributed by atoms with Crippen molar-refractivity contribution < 1.29 is 4.39 Å². The van der Waals surface area contributed by atoms with Gasteiger partial charge in [-0.05, 0) is 30.3 Å². The van der Waals surface area contributed by atoms with Crippen LogP contribution in [0.1, 0.15) is 0 Å². The van der Waals surface area contributed by atoms with Crippen LogP contribution in [-0.4, -0.2) is 4.98 Å². The lowest BCUT2D eigenvalue weighted by molar-refractivity contribution is 0.628. The Morgan fingerprint density at radius 1 is 1.22 bits per heavy atom. The van der Waals surface area contributed by atoms with Crippen molar-refractivity contribution in [1.29, 1.82) is 0 Å². The van der Waals surface area contributed by atoms with Crippen LogP contribution >= 0.6 is 22.9 Å². The molecule has 0 aliphatic rings. The summed E-state index contributed by atoms with van der Waals surface area (Å²) in [7, 11) is 0. The minimum atomic E-state index is -0.329. The summed E-state index contributed by atoms with van der Waals surface area (Å²) in [4.78, 5) is 4.43. The molecule has 0 aliphatic heterocycles. The Morgan fingerprint density at radius 2 is 2.06 bits per heavy atom. The van der Waals surface area contributed by atoms with Crippen LogP contribution in [0.15, 0.2) is 36.4 Å². The lowest BCUT2D eigenvalue weighted by atomic mass is 10.2. The van der Waals surface area contributed by atoms with Crippen LogP contribution < -0.4 is 5.73 Å². The summed E-state index contributed by atoms with van der Waals surface area (Å²) in [6.07, 6.45) is 0. The Bertz CT molecular complexity index is 739. The van der Waals surface area contributed by atoms with Gasteiger partial charge in [-0.3, -0.25) is 0 Å². The van der Waals surface area contributed by atoms with Gasteiger partial charge in [-0.1, -0.05) is 17.7 Å². The molecule has 2 N–H and O–H groups in total. The molecule has 0 saturated heterocycles. The Labute approximate surface area is 112 Å². The number of rotatable bonds is 1. The molecular weight excluding hydrogens is 271 g/mol. The molecule has 0 spiro atoms. The van der Waals surface area contributed by atoms with E-state index in [-0.39, 0.29) is 5.82 Å². The fourth-order valence-corrected chi connectivity index (χ4v) is 3.04. The van der Waals surface area contributed by atoms with Crippen molar-refractivity contribution in [2.45, 2.75) is 0 Å². The Kier molecular flexibility index (Phi) is 2.69. The highest BCUT2D eigenvalue weighted by atomic mass is 35.5. The summed E-state index contributed by atoms with van der Waals surface area (Å²) in [6, 6.07) is 9.78. The molecule has 0 amide bonds. The zero-order valence-corrected chi connectivity index (χ0v) is 10.7. The first-order chi connectivity index (χ1) is 8.65. The van der Waals surface area contributed by atoms with Gasteiger partial charge in [-0.15, -0.1) is 11.3 Å². The average Bonchev–Trinajstić information content (AvgIpc) is 2.77. The third kappa shape index (κ3) is 1.83. The normalized spacial score (nSPS) is 11.0. The molecule has 2 nitrogen and oxygen atoms in total. The lowest BCUT2D eigenvalue weighted by Gasteiger charge is -2.01. The highest BCUT2D eigenvalue weighted by molar-refractivity contribution is 7.22. The van der Waals surface area contributed by atoms with Crippen molar-refractivity contribution in [3.05, 3.63) is 47.2 Å². The standard InChI is InChI=1S/C13H8ClFN2S/c14-9-2-1-3-11-12(9)18-13(17-11)8-6-7(15)4-5-10(8)16/h1-6H,16H2. The zero-order valence-electron chi connectivity index (χ0n) is 9.15. The van der Waals surface area contributed by atoms with Crippen molar-refractivity contribution in [2.75, 3.05) is 5.73 Å². The van der Waals surface area contributed by atoms with Gasteiger partial charge in [-0.2, -0.15) is 0 Å². The first-order valence-corrected chi connectivity index (χ1v) is 6.45. The van der Waals surface area contributed by atoms with Gasteiger partial charge in [0.15, 0.2) is 0 Å². The van der Waals surface area contributed by atoms with Crippen LogP contribution in [0.25, 0.3) is 20.8 Å². The Morgan fingerprint density at radius 3 is 2.83 bits per heavy atom. The van der Waals surface area contributed by atoms with Crippen LogP contribution in [0.5, 0.6) is 0 Å². The van der Waals surface area contributed by atoms with Crippen LogP contribution in [-0.2, 0) is 0 Å². The molecule has 0 radical (unpaired) electrons. The van der Waals surface area contributed by atoms with Gasteiger partial charge in [0.2, 0.25) is 0 Å². The van der Waals surface area contributed by atoms with Crippen molar-refractivity contribution in [2.24, 2.45) is 0 Å². The minimum absolute atomic E-state index is 0.329. The maximum absolute atomic E-state index is 13.3. The number of nitrogens with zero attached hydrogens (tertiary/aromatic N) is 1. The van der Waals surface area contributed by atoms with Crippen LogP contribution in [0.2, 0.25) is 5.02 Å². The van der Waals surface area contributed by atoms with Gasteiger partial charge in [0.05, 0.1) is 15.2 Å². The average molecular weight is 279 g/mol. The number of nitrogen functional groups attached to an aromatic ring is 1. The second kappa shape index (κ2) is 4.23. The number of hydrogen-bond donors (Lipinski definition) is 1. The highest BCUT2D eigenvalue weighted by Gasteiger charge is 2.11. The number of aromatic nitrogens is 1. The summed E-state index contributed by atoms with van der Waals surface area (Å²) in [5.41, 5.74) is 7.76. The van der Waals surface area contributed by atoms with Gasteiger partial charge in [0.25, 0.3) is 0 Å². The molecule has 0 saturated carbocycles. The number of anilines is 1. The molecule has 1 aromatic heterocycles. The van der Waals surface area contributed by atoms with Crippen molar-refractivity contribution >= 4 is 38.8 Å².